The van der Waals surface area contributed by atoms with Crippen molar-refractivity contribution in [3.63, 3.8) is 0 Å². The van der Waals surface area contributed by atoms with Gasteiger partial charge in [0.2, 0.25) is 0 Å². The van der Waals surface area contributed by atoms with E-state index in [0.29, 0.717) is 0 Å². The van der Waals surface area contributed by atoms with E-state index in [-0.39, 0.29) is 0 Å². The van der Waals surface area contributed by atoms with Crippen molar-refractivity contribution in [3.8, 4) is 0 Å². The summed E-state index contributed by atoms with van der Waals surface area (Å²) in [5.74, 6) is 0. The molecule has 1 nitrogen and oxygen atoms in total. The third-order valence-corrected chi connectivity index (χ3v) is 5.40. The number of nitrogens with one attached hydrogen (secondary N) is 1. The average Bonchev–Trinajstić information content (AvgIpc) is 3.23. The lowest BCUT2D eigenvalue weighted by Gasteiger charge is -2.07. The zero-order valence-electron chi connectivity index (χ0n) is 12.3. The summed E-state index contributed by atoms with van der Waals surface area (Å²) in [6.07, 6.45) is 6.56. The second-order valence-corrected chi connectivity index (χ2v) is 7.33. The Morgan fingerprint density at radius 2 is 1.67 bits per heavy atom. The number of aryl methyl sites for hydroxylation is 2. The van der Waals surface area contributed by atoms with Crippen molar-refractivity contribution in [2.24, 2.45) is 0 Å². The number of fused-ring (bicyclic) bond motifs is 1. The second kappa shape index (κ2) is 5.86. The zero-order valence-corrected chi connectivity index (χ0v) is 13.1. The highest BCUT2D eigenvalue weighted by molar-refractivity contribution is 7.99. The van der Waals surface area contributed by atoms with E-state index < -0.39 is 0 Å². The van der Waals surface area contributed by atoms with Crippen molar-refractivity contribution in [2.45, 2.75) is 54.5 Å². The molecule has 1 fully saturated rings. The smallest absolute Gasteiger partial charge is 0.0208 e. The van der Waals surface area contributed by atoms with Crippen LogP contribution in [0.25, 0.3) is 0 Å². The van der Waals surface area contributed by atoms with Gasteiger partial charge >= 0.3 is 0 Å². The quantitative estimate of drug-likeness (QED) is 0.866. The molecule has 2 heteroatoms. The van der Waals surface area contributed by atoms with Crippen LogP contribution < -0.4 is 5.32 Å². The molecule has 4 rings (SSSR count). The Balaban J connectivity index is 1.41. The summed E-state index contributed by atoms with van der Waals surface area (Å²) in [7, 11) is 0. The Hall–Kier alpha value is -1.25. The summed E-state index contributed by atoms with van der Waals surface area (Å²) in [4.78, 5) is 2.71. The van der Waals surface area contributed by atoms with E-state index in [2.05, 4.69) is 47.8 Å². The summed E-state index contributed by atoms with van der Waals surface area (Å²) < 4.78 is 0. The first kappa shape index (κ1) is 13.4. The lowest BCUT2D eigenvalue weighted by Crippen LogP contribution is -2.14. The highest BCUT2D eigenvalue weighted by Gasteiger charge is 2.19. The van der Waals surface area contributed by atoms with Crippen LogP contribution in [0.2, 0.25) is 0 Å². The maximum absolute atomic E-state index is 3.56. The molecule has 0 unspecified atom stereocenters. The number of rotatable bonds is 5. The standard InChI is InChI=1S/C19H21NS/c1-2-15-6-11-19(12-16(15)3-1)21-18-9-4-14(5-10-18)13-20-17-7-8-17/h4-6,9-12,17,20H,1-3,7-8,13H2. The van der Waals surface area contributed by atoms with Crippen molar-refractivity contribution < 1.29 is 0 Å². The molecule has 0 heterocycles. The minimum atomic E-state index is 0.783. The fraction of sp³-hybridized carbons (Fsp3) is 0.368. The van der Waals surface area contributed by atoms with E-state index in [4.69, 9.17) is 0 Å². The highest BCUT2D eigenvalue weighted by atomic mass is 32.2. The van der Waals surface area contributed by atoms with Crippen LogP contribution in [0.15, 0.2) is 52.3 Å². The maximum atomic E-state index is 3.56. The number of hydrogen-bond donors (Lipinski definition) is 1. The Labute approximate surface area is 131 Å². The normalized spacial score (nSPS) is 17.0. The Morgan fingerprint density at radius 1 is 0.905 bits per heavy atom. The van der Waals surface area contributed by atoms with E-state index in [1.807, 2.05) is 11.8 Å². The molecule has 21 heavy (non-hydrogen) atoms. The van der Waals surface area contributed by atoms with E-state index in [1.165, 1.54) is 47.5 Å². The molecule has 0 spiro atoms. The van der Waals surface area contributed by atoms with Crippen LogP contribution in [0.1, 0.15) is 36.0 Å². The van der Waals surface area contributed by atoms with E-state index in [9.17, 15) is 0 Å². The molecule has 0 aliphatic heterocycles. The van der Waals surface area contributed by atoms with Gasteiger partial charge in [-0.25, -0.2) is 0 Å². The summed E-state index contributed by atoms with van der Waals surface area (Å²) in [6, 6.07) is 16.8. The van der Waals surface area contributed by atoms with Crippen LogP contribution in [-0.4, -0.2) is 6.04 Å². The van der Waals surface area contributed by atoms with Crippen LogP contribution in [0, 0.1) is 0 Å². The molecule has 0 radical (unpaired) electrons. The first-order chi connectivity index (χ1) is 10.4. The first-order valence-electron chi connectivity index (χ1n) is 7.99. The van der Waals surface area contributed by atoms with Crippen LogP contribution in [0.3, 0.4) is 0 Å². The summed E-state index contributed by atoms with van der Waals surface area (Å²) in [5.41, 5.74) is 4.51. The second-order valence-electron chi connectivity index (χ2n) is 6.19. The van der Waals surface area contributed by atoms with Crippen LogP contribution in [-0.2, 0) is 19.4 Å². The SMILES string of the molecule is c1cc(Sc2ccc3c(c2)CCC3)ccc1CNC1CC1. The average molecular weight is 295 g/mol. The van der Waals surface area contributed by atoms with Gasteiger partial charge in [0.25, 0.3) is 0 Å². The Bertz CT molecular complexity index is 629. The molecule has 0 bridgehead atoms. The first-order valence-corrected chi connectivity index (χ1v) is 8.80. The lowest BCUT2D eigenvalue weighted by molar-refractivity contribution is 0.687. The molecule has 0 aromatic heterocycles. The van der Waals surface area contributed by atoms with Crippen molar-refractivity contribution in [3.05, 3.63) is 59.2 Å². The van der Waals surface area contributed by atoms with Gasteiger partial charge in [0.15, 0.2) is 0 Å². The molecule has 0 amide bonds. The maximum Gasteiger partial charge on any atom is 0.0208 e. The van der Waals surface area contributed by atoms with Gasteiger partial charge < -0.3 is 5.32 Å². The van der Waals surface area contributed by atoms with Crippen molar-refractivity contribution in [1.82, 2.24) is 5.32 Å². The molecule has 0 atom stereocenters. The summed E-state index contributed by atoms with van der Waals surface area (Å²) in [6.45, 7) is 1.01. The predicted molar refractivity (Wildman–Crippen MR) is 88.9 cm³/mol. The predicted octanol–water partition coefficient (Wildman–Crippen LogP) is 4.58. The zero-order chi connectivity index (χ0) is 14.1. The minimum absolute atomic E-state index is 0.783. The highest BCUT2D eigenvalue weighted by Crippen LogP contribution is 2.32. The van der Waals surface area contributed by atoms with Gasteiger partial charge in [-0.15, -0.1) is 0 Å². The topological polar surface area (TPSA) is 12.0 Å². The van der Waals surface area contributed by atoms with Gasteiger partial charge in [-0.05, 0) is 73.1 Å². The van der Waals surface area contributed by atoms with Crippen molar-refractivity contribution >= 4 is 11.8 Å². The molecular formula is C19H21NS. The molecule has 2 aromatic rings. The molecule has 1 saturated carbocycles. The van der Waals surface area contributed by atoms with Crippen LogP contribution in [0.4, 0.5) is 0 Å². The van der Waals surface area contributed by atoms with Gasteiger partial charge in [-0.2, -0.15) is 0 Å². The van der Waals surface area contributed by atoms with Crippen LogP contribution >= 0.6 is 11.8 Å². The molecule has 108 valence electrons. The van der Waals surface area contributed by atoms with E-state index in [0.717, 1.165) is 12.6 Å². The third kappa shape index (κ3) is 3.33. The molecule has 2 aliphatic carbocycles. The monoisotopic (exact) mass is 295 g/mol. The van der Waals surface area contributed by atoms with Crippen molar-refractivity contribution in [1.29, 1.82) is 0 Å². The molecular weight excluding hydrogens is 274 g/mol. The van der Waals surface area contributed by atoms with Gasteiger partial charge in [-0.1, -0.05) is 30.0 Å². The van der Waals surface area contributed by atoms with Gasteiger partial charge in [0.05, 0.1) is 0 Å². The fourth-order valence-electron chi connectivity index (χ4n) is 2.97. The van der Waals surface area contributed by atoms with Gasteiger partial charge in [0.1, 0.15) is 0 Å². The fourth-order valence-corrected chi connectivity index (χ4v) is 3.85. The third-order valence-electron chi connectivity index (χ3n) is 4.40. The van der Waals surface area contributed by atoms with E-state index >= 15 is 0 Å². The largest absolute Gasteiger partial charge is 0.310 e. The number of benzene rings is 2. The molecule has 2 aromatic carbocycles. The Morgan fingerprint density at radius 3 is 2.48 bits per heavy atom. The molecule has 2 aliphatic rings. The summed E-state index contributed by atoms with van der Waals surface area (Å²) in [5, 5.41) is 3.56. The van der Waals surface area contributed by atoms with Crippen molar-refractivity contribution in [2.75, 3.05) is 0 Å². The van der Waals surface area contributed by atoms with E-state index in [1.54, 1.807) is 11.1 Å². The lowest BCUT2D eigenvalue weighted by atomic mass is 10.1. The van der Waals surface area contributed by atoms with Crippen LogP contribution in [0.5, 0.6) is 0 Å². The Kier molecular flexibility index (Phi) is 3.74. The summed E-state index contributed by atoms with van der Waals surface area (Å²) >= 11 is 1.88. The minimum Gasteiger partial charge on any atom is -0.310 e. The van der Waals surface area contributed by atoms with Gasteiger partial charge in [0, 0.05) is 22.4 Å². The molecule has 1 N–H and O–H groups in total. The van der Waals surface area contributed by atoms with Gasteiger partial charge in [-0.3, -0.25) is 0 Å². The molecule has 0 saturated heterocycles. The number of hydrogen-bond acceptors (Lipinski definition) is 2.